The van der Waals surface area contributed by atoms with Gasteiger partial charge in [0.25, 0.3) is 5.91 Å². The molecule has 1 aromatic carbocycles. The Morgan fingerprint density at radius 1 is 0.678 bits per heavy atom. The van der Waals surface area contributed by atoms with Crippen molar-refractivity contribution in [3.63, 3.8) is 0 Å². The van der Waals surface area contributed by atoms with Gasteiger partial charge >= 0.3 is 5.97 Å². The van der Waals surface area contributed by atoms with Crippen LogP contribution in [0.25, 0.3) is 0 Å². The number of Topliss-reactive ketones (excluding diaryl/α,β-unsaturated/α-hetero) is 2. The van der Waals surface area contributed by atoms with Crippen molar-refractivity contribution in [2.75, 3.05) is 45.9 Å². The summed E-state index contributed by atoms with van der Waals surface area (Å²) in [5.41, 5.74) is 49.2. The van der Waals surface area contributed by atoms with Gasteiger partial charge in [-0.3, -0.25) is 63.0 Å². The Morgan fingerprint density at radius 2 is 1.24 bits per heavy atom. The maximum Gasteiger partial charge on any atom is 0.338 e. The molecule has 2 aliphatic heterocycles. The van der Waals surface area contributed by atoms with Crippen LogP contribution in [0.4, 0.5) is 0 Å². The molecule has 26 N–H and O–H groups in total. The highest BCUT2D eigenvalue weighted by molar-refractivity contribution is 7.10. The maximum atomic E-state index is 16.3. The fourth-order valence-electron chi connectivity index (χ4n) is 10.6. The number of nitrogens with two attached hydrogens (primary N) is 9. The van der Waals surface area contributed by atoms with Crippen molar-refractivity contribution in [1.29, 1.82) is 0 Å². The molecular weight excluding hydrogens is 1210 g/mol. The predicted octanol–water partition coefficient (Wildman–Crippen LogP) is -6.20. The smallest absolute Gasteiger partial charge is 0.338 e. The van der Waals surface area contributed by atoms with Gasteiger partial charge in [0.1, 0.15) is 18.1 Å². The molecule has 2 fully saturated rings. The van der Waals surface area contributed by atoms with E-state index < -0.39 is 170 Å². The van der Waals surface area contributed by atoms with E-state index in [0.29, 0.717) is 9.75 Å². The molecule has 5 rings (SSSR count). The minimum atomic E-state index is -3.84. The SMILES string of the molecule is NC(N)=NCCC[C@H](NC(=O)[C@@H](N)CCCN=C(N)N)C(=O)N1CCC[C@H]1C(=O)C(CCN=C(N)N)[C@@](C(=O)O)(C(=O)CNC(=O)[C@@H]1C[C@@H](O)CN1)N(C(=O)[C@@H](N)Cc1cccs1)C(=O)[C@@H](Cc1ccccc1)NC(=O)[C@H](CO)NC(=O)[C@@H](N)Cc1cccs1. The quantitative estimate of drug-likeness (QED) is 0.0111. The highest BCUT2D eigenvalue weighted by Gasteiger charge is 2.64. The maximum absolute atomic E-state index is 16.3. The van der Waals surface area contributed by atoms with Crippen molar-refractivity contribution >= 4 is 99.4 Å². The average Bonchev–Trinajstić information content (AvgIpc) is 1.70. The van der Waals surface area contributed by atoms with Crippen LogP contribution in [0.15, 0.2) is 80.3 Å². The van der Waals surface area contributed by atoms with Gasteiger partial charge in [-0.2, -0.15) is 0 Å². The first-order valence-corrected chi connectivity index (χ1v) is 30.8. The minimum absolute atomic E-state index is 0.00249. The molecule has 492 valence electrons. The number of benzene rings is 1. The van der Waals surface area contributed by atoms with Crippen LogP contribution in [0.5, 0.6) is 0 Å². The minimum Gasteiger partial charge on any atom is -0.479 e. The molecule has 11 atom stereocenters. The number of nitrogens with one attached hydrogen (secondary N) is 5. The number of ketones is 2. The molecule has 0 bridgehead atoms. The Balaban J connectivity index is 1.74. The predicted molar refractivity (Wildman–Crippen MR) is 334 cm³/mol. The van der Waals surface area contributed by atoms with E-state index in [1.165, 1.54) is 23.5 Å². The number of guanidine groups is 3. The third-order valence-corrected chi connectivity index (χ3v) is 16.8. The van der Waals surface area contributed by atoms with Crippen molar-refractivity contribution < 1.29 is 63.3 Å². The van der Waals surface area contributed by atoms with Crippen molar-refractivity contribution in [1.82, 2.24) is 36.4 Å². The van der Waals surface area contributed by atoms with Gasteiger partial charge in [-0.05, 0) is 79.8 Å². The molecule has 2 saturated heterocycles. The number of β-amino-alcohol motifs (C(OH)–C–C–N with tert-alkyl or cyclic N) is 1. The van der Waals surface area contributed by atoms with E-state index in [1.54, 1.807) is 53.2 Å². The molecule has 34 heteroatoms. The fraction of sp³-hybridized carbons (Fsp3) is 0.518. The van der Waals surface area contributed by atoms with Gasteiger partial charge in [-0.1, -0.05) is 42.5 Å². The Hall–Kier alpha value is -8.51. The van der Waals surface area contributed by atoms with E-state index >= 15 is 28.8 Å². The summed E-state index contributed by atoms with van der Waals surface area (Å²) < 4.78 is 0. The zero-order valence-electron chi connectivity index (χ0n) is 49.5. The number of carboxylic acid groups (broad SMARTS) is 1. The van der Waals surface area contributed by atoms with Crippen LogP contribution in [-0.4, -0.2) is 208 Å². The van der Waals surface area contributed by atoms with Gasteiger partial charge < -0.3 is 98.4 Å². The summed E-state index contributed by atoms with van der Waals surface area (Å²) in [6, 6.07) is 1.63. The van der Waals surface area contributed by atoms with Crippen LogP contribution in [0, 0.1) is 5.92 Å². The highest BCUT2D eigenvalue weighted by Crippen LogP contribution is 2.37. The molecule has 0 aliphatic carbocycles. The summed E-state index contributed by atoms with van der Waals surface area (Å²) >= 11 is 2.43. The van der Waals surface area contributed by atoms with Crippen LogP contribution < -0.4 is 78.2 Å². The highest BCUT2D eigenvalue weighted by atomic mass is 32.1. The Morgan fingerprint density at radius 3 is 1.80 bits per heavy atom. The first kappa shape index (κ1) is 72.2. The number of carbonyl (C=O) groups is 10. The van der Waals surface area contributed by atoms with Crippen molar-refractivity contribution in [2.24, 2.45) is 72.5 Å². The molecule has 4 heterocycles. The molecule has 32 nitrogen and oxygen atoms in total. The number of carbonyl (C=O) groups excluding carboxylic acids is 9. The van der Waals surface area contributed by atoms with E-state index in [9.17, 15) is 34.5 Å². The normalized spacial score (nSPS) is 18.3. The zero-order chi connectivity index (χ0) is 66.2. The number of thiophene rings is 2. The summed E-state index contributed by atoms with van der Waals surface area (Å²) in [7, 11) is 0. The second-order valence-electron chi connectivity index (χ2n) is 21.7. The number of hydrogen-bond donors (Lipinski definition) is 17. The monoisotopic (exact) mass is 1290 g/mol. The number of aliphatic hydroxyl groups excluding tert-OH is 2. The van der Waals surface area contributed by atoms with Gasteiger partial charge in [0.05, 0.1) is 55.4 Å². The zero-order valence-corrected chi connectivity index (χ0v) is 51.2. The molecule has 3 aromatic rings. The summed E-state index contributed by atoms with van der Waals surface area (Å²) in [5.74, 6) is -16.9. The molecule has 0 spiro atoms. The Kier molecular flexibility index (Phi) is 28.1. The molecule has 0 radical (unpaired) electrons. The van der Waals surface area contributed by atoms with Gasteiger partial charge in [-0.15, -0.1) is 22.7 Å². The van der Waals surface area contributed by atoms with Gasteiger partial charge in [0, 0.05) is 61.7 Å². The van der Waals surface area contributed by atoms with Gasteiger partial charge in [0.15, 0.2) is 29.4 Å². The lowest BCUT2D eigenvalue weighted by molar-refractivity contribution is -0.178. The van der Waals surface area contributed by atoms with Crippen molar-refractivity contribution in [3.8, 4) is 0 Å². The number of aliphatic carboxylic acids is 1. The number of imide groups is 1. The largest absolute Gasteiger partial charge is 0.479 e. The molecular formula is C56H83N19O13S2. The third-order valence-electron chi connectivity index (χ3n) is 15.0. The van der Waals surface area contributed by atoms with Crippen LogP contribution >= 0.6 is 22.7 Å². The number of rotatable bonds is 36. The fourth-order valence-corrected chi connectivity index (χ4v) is 12.1. The topological polar surface area (TPSA) is 569 Å². The number of carboxylic acids is 1. The standard InChI is InChI=1S/C56H83N19O13S2/c57-35(13-4-17-66-53(60)61)45(80)71-38(14-5-18-67-54(62)63)50(85)74-20-6-15-42(74)44(79)34(16-19-68-55(64)65)56(52(87)88,43(78)28-70-47(82)39-24-31(77)27-69-39)75(49(84)37(59)26-33-12-8-22-90-33)51(86)40(23-30-9-2-1-3-10-30)72-48(83)41(29-76)73-46(81)36(58)25-32-11-7-21-89-32/h1-3,7-12,21-22,31,34-42,69,76-77H,4-6,13-20,23-29,57-59H2,(H,70,82)(H,71,80)(H,72,83)(H,73,81)(H,87,88)(H4,60,61,66)(H4,62,63,67)(H4,64,65,68)/t31-,34?,35+,36+,37+,38+,39+,40-,41+,42+,56+/m1/s1. The second-order valence-corrected chi connectivity index (χ2v) is 23.7. The number of aliphatic imine (C=N–C) groups is 3. The third kappa shape index (κ3) is 20.3. The lowest BCUT2D eigenvalue weighted by Crippen LogP contribution is -2.75. The Bertz CT molecular complexity index is 3040. The molecule has 2 aliphatic rings. The van der Waals surface area contributed by atoms with E-state index in [2.05, 4.69) is 41.6 Å². The lowest BCUT2D eigenvalue weighted by Gasteiger charge is -2.45. The van der Waals surface area contributed by atoms with Crippen molar-refractivity contribution in [2.45, 2.75) is 131 Å². The lowest BCUT2D eigenvalue weighted by atomic mass is 9.71. The van der Waals surface area contributed by atoms with Crippen molar-refractivity contribution in [3.05, 3.63) is 80.7 Å². The summed E-state index contributed by atoms with van der Waals surface area (Å²) in [6.45, 7) is -3.31. The summed E-state index contributed by atoms with van der Waals surface area (Å²) in [5, 5.41) is 49.1. The Labute approximate surface area is 526 Å². The van der Waals surface area contributed by atoms with Gasteiger partial charge in [0.2, 0.25) is 41.0 Å². The van der Waals surface area contributed by atoms with Crippen LogP contribution in [0.3, 0.4) is 0 Å². The molecule has 1 unspecified atom stereocenters. The second kappa shape index (κ2) is 35.0. The first-order chi connectivity index (χ1) is 42.8. The van der Waals surface area contributed by atoms with Crippen LogP contribution in [0.2, 0.25) is 0 Å². The number of likely N-dealkylation sites (tertiary alicyclic amines) is 1. The van der Waals surface area contributed by atoms with Crippen LogP contribution in [-0.2, 0) is 67.2 Å². The number of amides is 7. The molecule has 2 aromatic heterocycles. The van der Waals surface area contributed by atoms with E-state index in [-0.39, 0.29) is 99.9 Å². The molecule has 0 saturated carbocycles. The van der Waals surface area contributed by atoms with E-state index in [1.807, 2.05) is 0 Å². The number of hydrogen-bond acceptors (Lipinski definition) is 21. The average molecular weight is 1290 g/mol. The van der Waals surface area contributed by atoms with Crippen LogP contribution in [0.1, 0.15) is 66.7 Å². The number of aliphatic hydroxyl groups is 2. The summed E-state index contributed by atoms with van der Waals surface area (Å²) in [6.07, 6.45) is -3.04. The first-order valence-electron chi connectivity index (χ1n) is 29.0. The number of nitrogens with zero attached hydrogens (tertiary/aromatic N) is 5. The molecule has 7 amide bonds. The molecule has 90 heavy (non-hydrogen) atoms. The van der Waals surface area contributed by atoms with Gasteiger partial charge in [-0.25, -0.2) is 4.79 Å². The summed E-state index contributed by atoms with van der Waals surface area (Å²) in [4.78, 5) is 164. The van der Waals surface area contributed by atoms with E-state index in [0.717, 1.165) is 16.2 Å². The van der Waals surface area contributed by atoms with E-state index in [4.69, 9.17) is 51.6 Å².